The Morgan fingerprint density at radius 3 is 2.44 bits per heavy atom. The Morgan fingerprint density at radius 2 is 1.78 bits per heavy atom. The van der Waals surface area contributed by atoms with E-state index < -0.39 is 10.0 Å². The summed E-state index contributed by atoms with van der Waals surface area (Å²) in [6.45, 7) is 6.89. The highest BCUT2D eigenvalue weighted by atomic mass is 32.2. The first-order valence-corrected chi connectivity index (χ1v) is 14.2. The number of nitrogens with one attached hydrogen (secondary N) is 1. The molecule has 2 saturated heterocycles. The number of hydrogen-bond donors (Lipinski definition) is 1. The van der Waals surface area contributed by atoms with Crippen molar-refractivity contribution in [3.8, 4) is 6.07 Å². The molecule has 192 valence electrons. The van der Waals surface area contributed by atoms with Gasteiger partial charge >= 0.3 is 0 Å². The van der Waals surface area contributed by atoms with Crippen molar-refractivity contribution >= 4 is 21.6 Å². The average Bonchev–Trinajstić information content (AvgIpc) is 2.90. The number of ether oxygens (including phenoxy) is 1. The molecule has 4 rings (SSSR count). The second-order valence-electron chi connectivity index (χ2n) is 9.56. The van der Waals surface area contributed by atoms with Crippen molar-refractivity contribution in [2.75, 3.05) is 56.4 Å². The smallest absolute Gasteiger partial charge is 0.253 e. The van der Waals surface area contributed by atoms with Crippen molar-refractivity contribution in [3.05, 3.63) is 64.7 Å². The molecule has 0 saturated carbocycles. The van der Waals surface area contributed by atoms with Crippen LogP contribution in [0.25, 0.3) is 0 Å². The monoisotopic (exact) mass is 510 g/mol. The van der Waals surface area contributed by atoms with Gasteiger partial charge in [0.1, 0.15) is 0 Å². The molecule has 9 heteroatoms. The molecule has 0 spiro atoms. The van der Waals surface area contributed by atoms with Gasteiger partial charge in [-0.1, -0.05) is 18.2 Å². The predicted molar refractivity (Wildman–Crippen MR) is 139 cm³/mol. The van der Waals surface area contributed by atoms with Gasteiger partial charge in [0.05, 0.1) is 36.3 Å². The van der Waals surface area contributed by atoms with Gasteiger partial charge in [0.15, 0.2) is 0 Å². The van der Waals surface area contributed by atoms with Crippen LogP contribution in [0.5, 0.6) is 0 Å². The standard InChI is InChI=1S/C27H34N4O4S/c1-21-3-6-25(19-26(21)29-36(33,34)18-2-11-30-14-16-35-17-15-30)27(32)31-12-9-24(10-13-31)23-7-4-22(20-28)5-8-23/h3-8,19,24,29H,2,9-18H2,1H3. The molecular weight excluding hydrogens is 476 g/mol. The zero-order chi connectivity index (χ0) is 25.5. The Bertz CT molecular complexity index is 1190. The van der Waals surface area contributed by atoms with Crippen molar-refractivity contribution in [1.82, 2.24) is 9.80 Å². The van der Waals surface area contributed by atoms with Crippen LogP contribution in [0.15, 0.2) is 42.5 Å². The number of hydrogen-bond acceptors (Lipinski definition) is 6. The number of anilines is 1. The van der Waals surface area contributed by atoms with E-state index >= 15 is 0 Å². The van der Waals surface area contributed by atoms with Crippen LogP contribution in [0, 0.1) is 18.3 Å². The maximum absolute atomic E-state index is 13.2. The molecule has 2 aliphatic rings. The number of benzene rings is 2. The molecule has 0 aliphatic carbocycles. The SMILES string of the molecule is Cc1ccc(C(=O)N2CCC(c3ccc(C#N)cc3)CC2)cc1NS(=O)(=O)CCCN1CCOCC1. The fourth-order valence-electron chi connectivity index (χ4n) is 4.81. The van der Waals surface area contributed by atoms with Gasteiger partial charge in [-0.3, -0.25) is 14.4 Å². The maximum Gasteiger partial charge on any atom is 0.253 e. The lowest BCUT2D eigenvalue weighted by Gasteiger charge is -2.32. The molecule has 2 aromatic carbocycles. The first kappa shape index (κ1) is 26.1. The fraction of sp³-hybridized carbons (Fsp3) is 0.481. The van der Waals surface area contributed by atoms with Crippen LogP contribution in [0.4, 0.5) is 5.69 Å². The molecule has 2 fully saturated rings. The number of likely N-dealkylation sites (tertiary alicyclic amines) is 1. The van der Waals surface area contributed by atoms with Gasteiger partial charge in [0.25, 0.3) is 5.91 Å². The average molecular weight is 511 g/mol. The van der Waals surface area contributed by atoms with Crippen molar-refractivity contribution < 1.29 is 17.9 Å². The summed E-state index contributed by atoms with van der Waals surface area (Å²) in [5.41, 5.74) is 3.57. The third-order valence-corrected chi connectivity index (χ3v) is 8.39. The number of aryl methyl sites for hydroxylation is 1. The van der Waals surface area contributed by atoms with Gasteiger partial charge in [0, 0.05) is 31.7 Å². The molecule has 1 N–H and O–H groups in total. The number of amides is 1. The highest BCUT2D eigenvalue weighted by Gasteiger charge is 2.25. The first-order chi connectivity index (χ1) is 17.3. The van der Waals surface area contributed by atoms with E-state index in [4.69, 9.17) is 10.00 Å². The third-order valence-electron chi connectivity index (χ3n) is 7.03. The van der Waals surface area contributed by atoms with Crippen molar-refractivity contribution in [2.24, 2.45) is 0 Å². The molecule has 1 amide bonds. The van der Waals surface area contributed by atoms with Crippen LogP contribution in [-0.4, -0.2) is 75.8 Å². The van der Waals surface area contributed by atoms with E-state index in [1.165, 1.54) is 5.56 Å². The van der Waals surface area contributed by atoms with Gasteiger partial charge in [-0.25, -0.2) is 8.42 Å². The number of morpholine rings is 1. The maximum atomic E-state index is 13.2. The number of nitrogens with zero attached hydrogens (tertiary/aromatic N) is 3. The quantitative estimate of drug-likeness (QED) is 0.584. The second kappa shape index (κ2) is 11.9. The number of sulfonamides is 1. The Balaban J connectivity index is 1.33. The van der Waals surface area contributed by atoms with E-state index in [-0.39, 0.29) is 11.7 Å². The molecule has 0 aromatic heterocycles. The van der Waals surface area contributed by atoms with Gasteiger partial charge in [-0.15, -0.1) is 0 Å². The van der Waals surface area contributed by atoms with E-state index in [1.807, 2.05) is 36.1 Å². The van der Waals surface area contributed by atoms with E-state index in [1.54, 1.807) is 18.2 Å². The van der Waals surface area contributed by atoms with Gasteiger partial charge in [0.2, 0.25) is 10.0 Å². The first-order valence-electron chi connectivity index (χ1n) is 12.6. The minimum atomic E-state index is -3.52. The Kier molecular flexibility index (Phi) is 8.62. The summed E-state index contributed by atoms with van der Waals surface area (Å²) in [6.07, 6.45) is 2.25. The fourth-order valence-corrected chi connectivity index (χ4v) is 5.98. The summed E-state index contributed by atoms with van der Waals surface area (Å²) in [6, 6.07) is 15.0. The summed E-state index contributed by atoms with van der Waals surface area (Å²) in [4.78, 5) is 17.3. The van der Waals surface area contributed by atoms with Gasteiger partial charge in [-0.2, -0.15) is 5.26 Å². The summed E-state index contributed by atoms with van der Waals surface area (Å²) in [5.74, 6) is 0.311. The van der Waals surface area contributed by atoms with E-state index in [9.17, 15) is 13.2 Å². The van der Waals surface area contributed by atoms with E-state index in [0.717, 1.165) is 38.0 Å². The molecule has 0 atom stereocenters. The van der Waals surface area contributed by atoms with Crippen molar-refractivity contribution in [3.63, 3.8) is 0 Å². The molecule has 2 heterocycles. The van der Waals surface area contributed by atoms with E-state index in [2.05, 4.69) is 15.7 Å². The summed E-state index contributed by atoms with van der Waals surface area (Å²) in [7, 11) is -3.52. The number of rotatable bonds is 8. The molecule has 36 heavy (non-hydrogen) atoms. The minimum Gasteiger partial charge on any atom is -0.379 e. The lowest BCUT2D eigenvalue weighted by atomic mass is 9.89. The Morgan fingerprint density at radius 1 is 1.08 bits per heavy atom. The van der Waals surface area contributed by atoms with Crippen LogP contribution in [-0.2, 0) is 14.8 Å². The van der Waals surface area contributed by atoms with Gasteiger partial charge < -0.3 is 9.64 Å². The number of carbonyl (C=O) groups excluding carboxylic acids is 1. The molecule has 2 aromatic rings. The zero-order valence-electron chi connectivity index (χ0n) is 20.8. The molecular formula is C27H34N4O4S. The van der Waals surface area contributed by atoms with E-state index in [0.29, 0.717) is 55.5 Å². The molecule has 0 bridgehead atoms. The second-order valence-corrected chi connectivity index (χ2v) is 11.4. The van der Waals surface area contributed by atoms with Crippen molar-refractivity contribution in [2.45, 2.75) is 32.1 Å². The Hall–Kier alpha value is -2.93. The zero-order valence-corrected chi connectivity index (χ0v) is 21.6. The molecule has 0 unspecified atom stereocenters. The predicted octanol–water partition coefficient (Wildman–Crippen LogP) is 3.35. The summed E-state index contributed by atoms with van der Waals surface area (Å²) >= 11 is 0. The number of nitriles is 1. The highest BCUT2D eigenvalue weighted by molar-refractivity contribution is 7.92. The van der Waals surface area contributed by atoms with Crippen LogP contribution < -0.4 is 4.72 Å². The third kappa shape index (κ3) is 6.84. The summed E-state index contributed by atoms with van der Waals surface area (Å²) in [5, 5.41) is 8.99. The largest absolute Gasteiger partial charge is 0.379 e. The number of piperidine rings is 1. The normalized spacial score (nSPS) is 17.5. The summed E-state index contributed by atoms with van der Waals surface area (Å²) < 4.78 is 33.5. The lowest BCUT2D eigenvalue weighted by molar-refractivity contribution is 0.0381. The lowest BCUT2D eigenvalue weighted by Crippen LogP contribution is -2.38. The Labute approximate surface area is 213 Å². The van der Waals surface area contributed by atoms with Crippen LogP contribution in [0.1, 0.15) is 52.2 Å². The molecule has 2 aliphatic heterocycles. The van der Waals surface area contributed by atoms with Crippen LogP contribution >= 0.6 is 0 Å². The topological polar surface area (TPSA) is 103 Å². The van der Waals surface area contributed by atoms with Crippen molar-refractivity contribution in [1.29, 1.82) is 5.26 Å². The van der Waals surface area contributed by atoms with Crippen LogP contribution in [0.3, 0.4) is 0 Å². The molecule has 0 radical (unpaired) electrons. The highest BCUT2D eigenvalue weighted by Crippen LogP contribution is 2.29. The minimum absolute atomic E-state index is 0.0326. The number of carbonyl (C=O) groups is 1. The molecule has 8 nitrogen and oxygen atoms in total. The van der Waals surface area contributed by atoms with Gasteiger partial charge in [-0.05, 0) is 74.0 Å². The van der Waals surface area contributed by atoms with Crippen LogP contribution in [0.2, 0.25) is 0 Å².